The third kappa shape index (κ3) is 3.18. The first-order valence-electron chi connectivity index (χ1n) is 7.01. The zero-order chi connectivity index (χ0) is 16.2. The van der Waals surface area contributed by atoms with E-state index in [1.807, 2.05) is 37.3 Å². The third-order valence-electron chi connectivity index (χ3n) is 3.29. The summed E-state index contributed by atoms with van der Waals surface area (Å²) in [6, 6.07) is 14.7. The number of aryl methyl sites for hydroxylation is 1. The fraction of sp³-hybridized carbons (Fsp3) is 0.125. The predicted octanol–water partition coefficient (Wildman–Crippen LogP) is 1.65. The van der Waals surface area contributed by atoms with Gasteiger partial charge in [-0.15, -0.1) is 5.10 Å². The first kappa shape index (κ1) is 14.7. The molecule has 0 unspecified atom stereocenters. The van der Waals surface area contributed by atoms with Crippen molar-refractivity contribution in [3.8, 4) is 11.4 Å². The van der Waals surface area contributed by atoms with Crippen LogP contribution in [-0.2, 0) is 6.61 Å². The highest BCUT2D eigenvalue weighted by Gasteiger charge is 2.13. The van der Waals surface area contributed by atoms with Gasteiger partial charge in [0.1, 0.15) is 12.4 Å². The van der Waals surface area contributed by atoms with Crippen LogP contribution in [0.5, 0.6) is 5.75 Å². The Hall–Kier alpha value is -3.22. The molecule has 3 rings (SSSR count). The van der Waals surface area contributed by atoms with Gasteiger partial charge in [0, 0.05) is 0 Å². The lowest BCUT2D eigenvalue weighted by atomic mass is 10.1. The molecule has 0 saturated heterocycles. The predicted molar refractivity (Wildman–Crippen MR) is 83.2 cm³/mol. The average Bonchev–Trinajstić information content (AvgIpc) is 3.02. The van der Waals surface area contributed by atoms with Gasteiger partial charge in [-0.3, -0.25) is 4.79 Å². The molecule has 0 spiro atoms. The Kier molecular flexibility index (Phi) is 4.01. The fourth-order valence-corrected chi connectivity index (χ4v) is 2.16. The maximum absolute atomic E-state index is 11.5. The Morgan fingerprint density at radius 3 is 2.74 bits per heavy atom. The number of ether oxygens (including phenoxy) is 1. The molecule has 0 saturated carbocycles. The van der Waals surface area contributed by atoms with E-state index in [1.165, 1.54) is 0 Å². The molecular weight excluding hydrogens is 294 g/mol. The average molecular weight is 309 g/mol. The van der Waals surface area contributed by atoms with Crippen LogP contribution in [0.15, 0.2) is 48.5 Å². The van der Waals surface area contributed by atoms with Crippen molar-refractivity contribution in [3.63, 3.8) is 0 Å². The maximum Gasteiger partial charge on any atom is 0.252 e. The van der Waals surface area contributed by atoms with Crippen LogP contribution in [0.2, 0.25) is 0 Å². The number of hydrogen-bond acceptors (Lipinski definition) is 5. The zero-order valence-corrected chi connectivity index (χ0v) is 12.5. The molecule has 2 N–H and O–H groups in total. The smallest absolute Gasteiger partial charge is 0.252 e. The Balaban J connectivity index is 1.84. The molecule has 0 radical (unpaired) electrons. The van der Waals surface area contributed by atoms with E-state index in [2.05, 4.69) is 15.5 Å². The summed E-state index contributed by atoms with van der Waals surface area (Å²) in [5.74, 6) is 0.399. The van der Waals surface area contributed by atoms with Crippen molar-refractivity contribution in [2.75, 3.05) is 0 Å². The van der Waals surface area contributed by atoms with Gasteiger partial charge in [0.05, 0.1) is 11.3 Å². The highest BCUT2D eigenvalue weighted by atomic mass is 16.5. The first-order chi connectivity index (χ1) is 11.1. The second kappa shape index (κ2) is 6.27. The van der Waals surface area contributed by atoms with Crippen LogP contribution in [0.4, 0.5) is 0 Å². The standard InChI is InChI=1S/C16H15N5O2/c1-11-7-8-13(16(17)22)14(9-11)23-10-15-18-19-20-21(15)12-5-3-2-4-6-12/h2-9H,10H2,1H3,(H2,17,22). The Morgan fingerprint density at radius 1 is 1.22 bits per heavy atom. The number of carbonyl (C=O) groups is 1. The number of para-hydroxylation sites is 1. The number of primary amides is 1. The number of rotatable bonds is 5. The molecule has 0 aliphatic rings. The molecule has 1 aromatic heterocycles. The summed E-state index contributed by atoms with van der Waals surface area (Å²) >= 11 is 0. The van der Waals surface area contributed by atoms with Crippen molar-refractivity contribution in [1.82, 2.24) is 20.2 Å². The number of hydrogen-bond donors (Lipinski definition) is 1. The molecule has 116 valence electrons. The van der Waals surface area contributed by atoms with Crippen LogP contribution < -0.4 is 10.5 Å². The van der Waals surface area contributed by atoms with Gasteiger partial charge in [-0.05, 0) is 47.2 Å². The molecule has 23 heavy (non-hydrogen) atoms. The molecule has 3 aromatic rings. The third-order valence-corrected chi connectivity index (χ3v) is 3.29. The van der Waals surface area contributed by atoms with Crippen LogP contribution >= 0.6 is 0 Å². The highest BCUT2D eigenvalue weighted by molar-refractivity contribution is 5.95. The van der Waals surface area contributed by atoms with E-state index < -0.39 is 5.91 Å². The maximum atomic E-state index is 11.5. The fourth-order valence-electron chi connectivity index (χ4n) is 2.16. The summed E-state index contributed by atoms with van der Waals surface area (Å²) in [6.07, 6.45) is 0. The van der Waals surface area contributed by atoms with Crippen LogP contribution in [0.25, 0.3) is 5.69 Å². The lowest BCUT2D eigenvalue weighted by Gasteiger charge is -2.10. The number of nitrogens with zero attached hydrogens (tertiary/aromatic N) is 4. The van der Waals surface area contributed by atoms with Crippen molar-refractivity contribution < 1.29 is 9.53 Å². The number of benzene rings is 2. The summed E-state index contributed by atoms with van der Waals surface area (Å²) in [4.78, 5) is 11.5. The van der Waals surface area contributed by atoms with E-state index >= 15 is 0 Å². The minimum atomic E-state index is -0.539. The molecule has 0 fully saturated rings. The number of nitrogens with two attached hydrogens (primary N) is 1. The molecule has 0 atom stereocenters. The monoisotopic (exact) mass is 309 g/mol. The van der Waals surface area contributed by atoms with Gasteiger partial charge >= 0.3 is 0 Å². The minimum Gasteiger partial charge on any atom is -0.485 e. The molecule has 7 nitrogen and oxygen atoms in total. The van der Waals surface area contributed by atoms with Gasteiger partial charge in [-0.1, -0.05) is 24.3 Å². The quantitative estimate of drug-likeness (QED) is 0.773. The van der Waals surface area contributed by atoms with Crippen molar-refractivity contribution in [2.24, 2.45) is 5.73 Å². The molecule has 2 aromatic carbocycles. The number of carbonyl (C=O) groups excluding carboxylic acids is 1. The van der Waals surface area contributed by atoms with Gasteiger partial charge in [0.25, 0.3) is 5.91 Å². The molecule has 0 aliphatic carbocycles. The van der Waals surface area contributed by atoms with Crippen molar-refractivity contribution in [3.05, 3.63) is 65.5 Å². The van der Waals surface area contributed by atoms with Crippen LogP contribution in [0.1, 0.15) is 21.7 Å². The minimum absolute atomic E-state index is 0.117. The summed E-state index contributed by atoms with van der Waals surface area (Å²) in [5, 5.41) is 11.6. The second-order valence-electron chi connectivity index (χ2n) is 5.00. The Bertz CT molecular complexity index is 829. The summed E-state index contributed by atoms with van der Waals surface area (Å²) < 4.78 is 7.30. The number of aromatic nitrogens is 4. The number of tetrazole rings is 1. The van der Waals surface area contributed by atoms with E-state index in [4.69, 9.17) is 10.5 Å². The molecular formula is C16H15N5O2. The molecule has 0 bridgehead atoms. The first-order valence-corrected chi connectivity index (χ1v) is 7.01. The Morgan fingerprint density at radius 2 is 2.00 bits per heavy atom. The van der Waals surface area contributed by atoms with Gasteiger partial charge in [0.2, 0.25) is 0 Å². The topological polar surface area (TPSA) is 95.9 Å². The van der Waals surface area contributed by atoms with Crippen LogP contribution in [0, 0.1) is 6.92 Å². The van der Waals surface area contributed by atoms with E-state index in [1.54, 1.807) is 22.9 Å². The second-order valence-corrected chi connectivity index (χ2v) is 5.00. The lowest BCUT2D eigenvalue weighted by Crippen LogP contribution is -2.14. The van der Waals surface area contributed by atoms with Gasteiger partial charge in [0.15, 0.2) is 5.82 Å². The van der Waals surface area contributed by atoms with E-state index in [9.17, 15) is 4.79 Å². The normalized spacial score (nSPS) is 10.5. The van der Waals surface area contributed by atoms with Crippen LogP contribution in [0.3, 0.4) is 0 Å². The summed E-state index contributed by atoms with van der Waals surface area (Å²) in [5.41, 5.74) is 7.49. The molecule has 0 aliphatic heterocycles. The molecule has 1 heterocycles. The van der Waals surface area contributed by atoms with Crippen molar-refractivity contribution in [1.29, 1.82) is 0 Å². The Labute approximate surface area is 132 Å². The highest BCUT2D eigenvalue weighted by Crippen LogP contribution is 2.21. The zero-order valence-electron chi connectivity index (χ0n) is 12.5. The summed E-state index contributed by atoms with van der Waals surface area (Å²) in [6.45, 7) is 2.03. The summed E-state index contributed by atoms with van der Waals surface area (Å²) in [7, 11) is 0. The SMILES string of the molecule is Cc1ccc(C(N)=O)c(OCc2nnnn2-c2ccccc2)c1. The van der Waals surface area contributed by atoms with E-state index in [-0.39, 0.29) is 6.61 Å². The van der Waals surface area contributed by atoms with E-state index in [0.29, 0.717) is 17.1 Å². The molecule has 1 amide bonds. The van der Waals surface area contributed by atoms with Gasteiger partial charge in [-0.2, -0.15) is 4.68 Å². The largest absolute Gasteiger partial charge is 0.485 e. The lowest BCUT2D eigenvalue weighted by molar-refractivity contribution is 0.0995. The van der Waals surface area contributed by atoms with Crippen molar-refractivity contribution in [2.45, 2.75) is 13.5 Å². The van der Waals surface area contributed by atoms with Crippen LogP contribution in [-0.4, -0.2) is 26.1 Å². The van der Waals surface area contributed by atoms with Gasteiger partial charge in [-0.25, -0.2) is 0 Å². The van der Waals surface area contributed by atoms with E-state index in [0.717, 1.165) is 11.3 Å². The number of amides is 1. The van der Waals surface area contributed by atoms with Crippen molar-refractivity contribution >= 4 is 5.91 Å². The molecule has 7 heteroatoms. The van der Waals surface area contributed by atoms with Gasteiger partial charge < -0.3 is 10.5 Å².